The number of carboxylic acid groups (broad SMARTS) is 1. The number of nitrogens with two attached hydrogens (primary N) is 1. The van der Waals surface area contributed by atoms with Crippen molar-refractivity contribution in [2.75, 3.05) is 24.6 Å². The summed E-state index contributed by atoms with van der Waals surface area (Å²) in [5, 5.41) is 26.2. The fourth-order valence-corrected chi connectivity index (χ4v) is 7.33. The third-order valence-corrected chi connectivity index (χ3v) is 11.3. The van der Waals surface area contributed by atoms with Crippen LogP contribution in [0.5, 0.6) is 5.75 Å². The van der Waals surface area contributed by atoms with E-state index in [1.54, 1.807) is 37.3 Å². The molecule has 0 unspecified atom stereocenters. The van der Waals surface area contributed by atoms with Crippen LogP contribution in [0, 0.1) is 11.3 Å². The van der Waals surface area contributed by atoms with E-state index in [2.05, 4.69) is 17.9 Å². The van der Waals surface area contributed by atoms with Gasteiger partial charge in [-0.25, -0.2) is 18.4 Å². The first kappa shape index (κ1) is 29.9. The van der Waals surface area contributed by atoms with E-state index in [0.717, 1.165) is 37.8 Å². The van der Waals surface area contributed by atoms with Crippen LogP contribution < -0.4 is 14.8 Å². The van der Waals surface area contributed by atoms with Crippen molar-refractivity contribution in [3.8, 4) is 5.75 Å². The summed E-state index contributed by atoms with van der Waals surface area (Å²) in [5.41, 5.74) is 2.71. The number of halogens is 1. The van der Waals surface area contributed by atoms with Crippen LogP contribution in [-0.4, -0.2) is 55.7 Å². The molecule has 5 atom stereocenters. The Labute approximate surface area is 247 Å². The van der Waals surface area contributed by atoms with Crippen LogP contribution in [-0.2, 0) is 21.9 Å². The molecule has 0 aromatic heterocycles. The van der Waals surface area contributed by atoms with Crippen molar-refractivity contribution in [2.45, 2.75) is 69.1 Å². The van der Waals surface area contributed by atoms with Gasteiger partial charge in [0.15, 0.2) is 0 Å². The Morgan fingerprint density at radius 3 is 2.73 bits per heavy atom. The summed E-state index contributed by atoms with van der Waals surface area (Å²) < 4.78 is 29.6. The minimum atomic E-state index is -3.64. The molecule has 10 heteroatoms. The summed E-state index contributed by atoms with van der Waals surface area (Å²) in [7, 11) is -3.64. The number of nitrogens with zero attached hydrogens (tertiary/aromatic N) is 1. The Bertz CT molecular complexity index is 1460. The zero-order valence-corrected chi connectivity index (χ0v) is 25.1. The van der Waals surface area contributed by atoms with Crippen molar-refractivity contribution in [1.29, 1.82) is 0 Å². The number of rotatable bonds is 8. The molecule has 0 saturated heterocycles. The average Bonchev–Trinajstić information content (AvgIpc) is 3.06. The van der Waals surface area contributed by atoms with Crippen LogP contribution in [0.3, 0.4) is 0 Å². The van der Waals surface area contributed by atoms with Gasteiger partial charge in [-0.1, -0.05) is 36.7 Å². The first-order valence-electron chi connectivity index (χ1n) is 14.2. The maximum atomic E-state index is 11.9. The number of sulfonamides is 1. The molecule has 0 amide bonds. The number of aryl methyl sites for hydroxylation is 1. The van der Waals surface area contributed by atoms with E-state index in [4.69, 9.17) is 21.5 Å². The van der Waals surface area contributed by atoms with E-state index in [-0.39, 0.29) is 23.3 Å². The monoisotopic (exact) mass is 602 g/mol. The molecule has 1 spiro atoms. The lowest BCUT2D eigenvalue weighted by Gasteiger charge is -2.52. The highest BCUT2D eigenvalue weighted by atomic mass is 35.5. The Kier molecular flexibility index (Phi) is 8.20. The molecule has 8 nitrogen and oxygen atoms in total. The number of ether oxygens (including phenoxy) is 1. The van der Waals surface area contributed by atoms with E-state index in [0.29, 0.717) is 30.5 Å². The highest BCUT2D eigenvalue weighted by Crippen LogP contribution is 2.52. The Morgan fingerprint density at radius 1 is 1.27 bits per heavy atom. The second-order valence-electron chi connectivity index (χ2n) is 12.3. The quantitative estimate of drug-likeness (QED) is 0.366. The number of fused-ring (bicyclic) bond motifs is 3. The van der Waals surface area contributed by atoms with Gasteiger partial charge in [0, 0.05) is 28.9 Å². The van der Waals surface area contributed by atoms with Gasteiger partial charge >= 0.3 is 5.97 Å². The highest BCUT2D eigenvalue weighted by Gasteiger charge is 2.49. The van der Waals surface area contributed by atoms with Gasteiger partial charge in [-0.3, -0.25) is 0 Å². The molecule has 5 rings (SSSR count). The summed E-state index contributed by atoms with van der Waals surface area (Å²) in [5.74, 6) is -0.207. The molecule has 0 bridgehead atoms. The Morgan fingerprint density at radius 2 is 2.05 bits per heavy atom. The number of hydrogen-bond donors (Lipinski definition) is 3. The molecule has 41 heavy (non-hydrogen) atoms. The molecule has 0 radical (unpaired) electrons. The molecular weight excluding hydrogens is 564 g/mol. The lowest BCUT2D eigenvalue weighted by molar-refractivity contribution is -0.0469. The normalized spacial score (nSPS) is 27.3. The molecule has 2 aromatic rings. The van der Waals surface area contributed by atoms with Gasteiger partial charge in [-0.2, -0.15) is 0 Å². The predicted molar refractivity (Wildman–Crippen MR) is 160 cm³/mol. The van der Waals surface area contributed by atoms with E-state index >= 15 is 0 Å². The summed E-state index contributed by atoms with van der Waals surface area (Å²) >= 11 is 6.35. The smallest absolute Gasteiger partial charge is 0.335 e. The number of hydrogen-bond acceptors (Lipinski definition) is 6. The second kappa shape index (κ2) is 11.2. The number of aromatic carboxylic acids is 1. The van der Waals surface area contributed by atoms with Gasteiger partial charge in [-0.05, 0) is 92.8 Å². The zero-order chi connectivity index (χ0) is 29.6. The van der Waals surface area contributed by atoms with Gasteiger partial charge in [0.1, 0.15) is 5.75 Å². The number of anilines is 1. The summed E-state index contributed by atoms with van der Waals surface area (Å²) in [4.78, 5) is 14.2. The number of carboxylic acids is 1. The first-order chi connectivity index (χ1) is 19.3. The minimum Gasteiger partial charge on any atom is -0.490 e. The fraction of sp³-hybridized carbons (Fsp3) is 0.516. The SMILES string of the molecule is C[C@H](C/C=C/[C@H](O)[C@]1(C)CC[C@H]1CN1C[C@@]2(CCCc3cc(Cl)ccc32)COc2ccc(C(=O)O)cc21)S(N)(=O)=O. The molecule has 1 aliphatic heterocycles. The number of aliphatic hydroxyl groups excluding tert-OH is 1. The number of carbonyl (C=O) groups is 1. The van der Waals surface area contributed by atoms with Crippen molar-refractivity contribution in [3.05, 3.63) is 70.3 Å². The van der Waals surface area contributed by atoms with Gasteiger partial charge in [0.05, 0.1) is 29.2 Å². The fourth-order valence-electron chi connectivity index (χ4n) is 6.76. The second-order valence-corrected chi connectivity index (χ2v) is 14.8. The highest BCUT2D eigenvalue weighted by molar-refractivity contribution is 7.89. The minimum absolute atomic E-state index is 0.127. The summed E-state index contributed by atoms with van der Waals surface area (Å²) in [6, 6.07) is 11.1. The lowest BCUT2D eigenvalue weighted by atomic mass is 9.58. The average molecular weight is 603 g/mol. The van der Waals surface area contributed by atoms with Crippen LogP contribution in [0.15, 0.2) is 48.6 Å². The van der Waals surface area contributed by atoms with Crippen molar-refractivity contribution in [1.82, 2.24) is 0 Å². The predicted octanol–water partition coefficient (Wildman–Crippen LogP) is 4.91. The largest absolute Gasteiger partial charge is 0.490 e. The standard InChI is InChI=1S/C31H39ClN2O6S/c1-20(41(33,38)39)5-3-7-28(35)30(2)14-12-23(30)17-34-18-31(13-4-6-21-15-24(32)9-10-25(21)31)19-40-27-11-8-22(29(36)37)16-26(27)34/h3,7-11,15-16,20,23,28,35H,4-6,12-14,17-19H2,1-2H3,(H,36,37)(H2,33,38,39)/b7-3+/t20-,23+,28+,30-,31+/m1/s1. The van der Waals surface area contributed by atoms with E-state index in [1.807, 2.05) is 12.1 Å². The van der Waals surface area contributed by atoms with Crippen molar-refractivity contribution in [3.63, 3.8) is 0 Å². The molecular formula is C31H39ClN2O6S. The molecule has 1 saturated carbocycles. The van der Waals surface area contributed by atoms with Crippen molar-refractivity contribution < 1.29 is 28.2 Å². The van der Waals surface area contributed by atoms with E-state index < -0.39 is 32.8 Å². The number of benzene rings is 2. The topological polar surface area (TPSA) is 130 Å². The molecule has 3 aliphatic rings. The molecule has 2 aliphatic carbocycles. The van der Waals surface area contributed by atoms with Crippen LogP contribution >= 0.6 is 11.6 Å². The maximum Gasteiger partial charge on any atom is 0.335 e. The number of primary sulfonamides is 1. The van der Waals surface area contributed by atoms with E-state index in [9.17, 15) is 23.4 Å². The van der Waals surface area contributed by atoms with Crippen LogP contribution in [0.25, 0.3) is 0 Å². The van der Waals surface area contributed by atoms with Gasteiger partial charge in [0.2, 0.25) is 10.0 Å². The number of allylic oxidation sites excluding steroid dienone is 1. The maximum absolute atomic E-state index is 11.9. The van der Waals surface area contributed by atoms with Crippen LogP contribution in [0.2, 0.25) is 5.02 Å². The molecule has 1 fully saturated rings. The first-order valence-corrected chi connectivity index (χ1v) is 16.2. The van der Waals surface area contributed by atoms with Gasteiger partial charge in [0.25, 0.3) is 0 Å². The van der Waals surface area contributed by atoms with Gasteiger partial charge < -0.3 is 19.8 Å². The van der Waals surface area contributed by atoms with Gasteiger partial charge in [-0.15, -0.1) is 0 Å². The molecule has 222 valence electrons. The molecule has 4 N–H and O–H groups in total. The van der Waals surface area contributed by atoms with Crippen molar-refractivity contribution >= 4 is 33.3 Å². The Balaban J connectivity index is 1.45. The third-order valence-electron chi connectivity index (χ3n) is 9.71. The van der Waals surface area contributed by atoms with Crippen LogP contribution in [0.4, 0.5) is 5.69 Å². The summed E-state index contributed by atoms with van der Waals surface area (Å²) in [6.07, 6.45) is 7.51. The Hall–Kier alpha value is -2.59. The lowest BCUT2D eigenvalue weighted by Crippen LogP contribution is -2.53. The van der Waals surface area contributed by atoms with E-state index in [1.165, 1.54) is 11.1 Å². The zero-order valence-electron chi connectivity index (χ0n) is 23.6. The number of aliphatic hydroxyl groups is 1. The molecule has 2 aromatic carbocycles. The summed E-state index contributed by atoms with van der Waals surface area (Å²) in [6.45, 7) is 5.38. The third kappa shape index (κ3) is 5.87. The van der Waals surface area contributed by atoms with Crippen molar-refractivity contribution in [2.24, 2.45) is 16.5 Å². The van der Waals surface area contributed by atoms with Crippen LogP contribution in [0.1, 0.15) is 67.4 Å². The molecule has 1 heterocycles.